The van der Waals surface area contributed by atoms with Gasteiger partial charge in [0, 0.05) is 11.4 Å². The Labute approximate surface area is 186 Å². The van der Waals surface area contributed by atoms with Gasteiger partial charge in [-0.25, -0.2) is 0 Å². The van der Waals surface area contributed by atoms with Gasteiger partial charge < -0.3 is 14.8 Å². The van der Waals surface area contributed by atoms with Crippen LogP contribution in [0.5, 0.6) is 17.2 Å². The van der Waals surface area contributed by atoms with Crippen LogP contribution in [-0.4, -0.2) is 19.6 Å². The second-order valence-corrected chi connectivity index (χ2v) is 8.04. The van der Waals surface area contributed by atoms with E-state index < -0.39 is 0 Å². The van der Waals surface area contributed by atoms with Crippen molar-refractivity contribution in [3.05, 3.63) is 101 Å². The van der Waals surface area contributed by atoms with Crippen LogP contribution in [0.1, 0.15) is 15.2 Å². The molecule has 0 saturated carbocycles. The summed E-state index contributed by atoms with van der Waals surface area (Å²) >= 11 is 1.49. The summed E-state index contributed by atoms with van der Waals surface area (Å²) in [4.78, 5) is 14.2. The summed E-state index contributed by atoms with van der Waals surface area (Å²) < 4.78 is 11.0. The number of amides is 1. The number of carbonyl (C=O) groups is 1. The Kier molecular flexibility index (Phi) is 6.65. The maximum atomic E-state index is 12.5. The maximum Gasteiger partial charge on any atom is 0.261 e. The van der Waals surface area contributed by atoms with Crippen LogP contribution in [0.3, 0.4) is 0 Å². The van der Waals surface area contributed by atoms with E-state index in [4.69, 9.17) is 9.47 Å². The highest BCUT2D eigenvalue weighted by atomic mass is 32.1. The third kappa shape index (κ3) is 5.53. The molecule has 0 fully saturated rings. The van der Waals surface area contributed by atoms with Gasteiger partial charge in [0.05, 0.1) is 12.0 Å². The van der Waals surface area contributed by atoms with Gasteiger partial charge in [0.2, 0.25) is 0 Å². The van der Waals surface area contributed by atoms with Gasteiger partial charge >= 0.3 is 0 Å². The van der Waals surface area contributed by atoms with Crippen LogP contribution in [-0.2, 0) is 6.42 Å². The zero-order chi connectivity index (χ0) is 21.5. The van der Waals surface area contributed by atoms with Crippen molar-refractivity contribution in [2.45, 2.75) is 6.42 Å². The second kappa shape index (κ2) is 9.96. The summed E-state index contributed by atoms with van der Waals surface area (Å²) in [6, 6.07) is 29.3. The Balaban J connectivity index is 1.32. The van der Waals surface area contributed by atoms with Crippen molar-refractivity contribution in [2.75, 3.05) is 13.7 Å². The topological polar surface area (TPSA) is 47.6 Å². The van der Waals surface area contributed by atoms with Gasteiger partial charge in [-0.1, -0.05) is 30.3 Å². The van der Waals surface area contributed by atoms with Gasteiger partial charge in [-0.15, -0.1) is 11.3 Å². The van der Waals surface area contributed by atoms with Crippen LogP contribution in [0.25, 0.3) is 10.4 Å². The fourth-order valence-electron chi connectivity index (χ4n) is 3.13. The van der Waals surface area contributed by atoms with Crippen molar-refractivity contribution in [3.8, 4) is 27.7 Å². The molecule has 156 valence electrons. The number of carbonyl (C=O) groups excluding carboxylic acids is 1. The van der Waals surface area contributed by atoms with Gasteiger partial charge in [-0.2, -0.15) is 0 Å². The molecule has 0 radical (unpaired) electrons. The van der Waals surface area contributed by atoms with Crippen LogP contribution in [0.15, 0.2) is 91.0 Å². The summed E-state index contributed by atoms with van der Waals surface area (Å²) in [5.74, 6) is 2.37. The molecular weight excluding hydrogens is 406 g/mol. The first kappa shape index (κ1) is 20.7. The van der Waals surface area contributed by atoms with Crippen LogP contribution in [0.2, 0.25) is 0 Å². The molecule has 3 aromatic carbocycles. The van der Waals surface area contributed by atoms with E-state index >= 15 is 0 Å². The molecule has 1 aromatic heterocycles. The number of thiophene rings is 1. The summed E-state index contributed by atoms with van der Waals surface area (Å²) in [5.41, 5.74) is 2.22. The quantitative estimate of drug-likeness (QED) is 0.363. The number of methoxy groups -OCH3 is 1. The van der Waals surface area contributed by atoms with Crippen molar-refractivity contribution in [3.63, 3.8) is 0 Å². The summed E-state index contributed by atoms with van der Waals surface area (Å²) in [7, 11) is 1.65. The zero-order valence-corrected chi connectivity index (χ0v) is 18.0. The van der Waals surface area contributed by atoms with Crippen molar-refractivity contribution in [1.82, 2.24) is 5.32 Å². The van der Waals surface area contributed by atoms with Gasteiger partial charge in [0.25, 0.3) is 5.91 Å². The minimum Gasteiger partial charge on any atom is -0.497 e. The van der Waals surface area contributed by atoms with Crippen LogP contribution in [0, 0.1) is 0 Å². The van der Waals surface area contributed by atoms with Crippen LogP contribution in [0.4, 0.5) is 0 Å². The molecule has 0 spiro atoms. The number of benzene rings is 3. The first-order valence-electron chi connectivity index (χ1n) is 10.1. The number of ether oxygens (including phenoxy) is 2. The van der Waals surface area contributed by atoms with E-state index in [-0.39, 0.29) is 5.91 Å². The summed E-state index contributed by atoms with van der Waals surface area (Å²) in [6.07, 6.45) is 0.775. The number of hydrogen-bond donors (Lipinski definition) is 1. The zero-order valence-electron chi connectivity index (χ0n) is 17.2. The lowest BCUT2D eigenvalue weighted by atomic mass is 10.1. The highest BCUT2D eigenvalue weighted by Gasteiger charge is 2.10. The van der Waals surface area contributed by atoms with E-state index in [2.05, 4.69) is 5.32 Å². The van der Waals surface area contributed by atoms with Crippen molar-refractivity contribution >= 4 is 17.2 Å². The normalized spacial score (nSPS) is 10.5. The standard InChI is InChI=1S/C26H23NO3S/c1-29-21-11-7-19(8-12-21)17-18-27-26(28)25-16-15-24(31-25)20-9-13-23(14-10-20)30-22-5-3-2-4-6-22/h2-16H,17-18H2,1H3,(H,27,28). The predicted molar refractivity (Wildman–Crippen MR) is 125 cm³/mol. The van der Waals surface area contributed by atoms with Gasteiger partial charge in [0.15, 0.2) is 0 Å². The molecule has 0 atom stereocenters. The molecule has 0 bridgehead atoms. The van der Waals surface area contributed by atoms with Gasteiger partial charge in [0.1, 0.15) is 17.2 Å². The minimum atomic E-state index is -0.0474. The van der Waals surface area contributed by atoms with E-state index in [9.17, 15) is 4.79 Å². The Morgan fingerprint density at radius 3 is 2.19 bits per heavy atom. The third-order valence-corrected chi connectivity index (χ3v) is 5.94. The lowest BCUT2D eigenvalue weighted by Crippen LogP contribution is -2.24. The molecule has 0 aliphatic carbocycles. The molecule has 0 aliphatic heterocycles. The Hall–Kier alpha value is -3.57. The third-order valence-electron chi connectivity index (χ3n) is 4.81. The molecule has 1 N–H and O–H groups in total. The van der Waals surface area contributed by atoms with Crippen molar-refractivity contribution in [2.24, 2.45) is 0 Å². The SMILES string of the molecule is COc1ccc(CCNC(=O)c2ccc(-c3ccc(Oc4ccccc4)cc3)s2)cc1. The minimum absolute atomic E-state index is 0.0474. The molecule has 4 nitrogen and oxygen atoms in total. The number of hydrogen-bond acceptors (Lipinski definition) is 4. The van der Waals surface area contributed by atoms with E-state index in [1.165, 1.54) is 11.3 Å². The van der Waals surface area contributed by atoms with E-state index in [0.29, 0.717) is 11.4 Å². The highest BCUT2D eigenvalue weighted by Crippen LogP contribution is 2.30. The summed E-state index contributed by atoms with van der Waals surface area (Å²) in [5, 5.41) is 3.00. The Bertz CT molecular complexity index is 1120. The molecule has 5 heteroatoms. The first-order valence-corrected chi connectivity index (χ1v) is 10.9. The smallest absolute Gasteiger partial charge is 0.261 e. The molecule has 0 aliphatic rings. The lowest BCUT2D eigenvalue weighted by molar-refractivity contribution is 0.0958. The van der Waals surface area contributed by atoms with Gasteiger partial charge in [-0.05, 0) is 78.2 Å². The molecule has 4 rings (SSSR count). The molecular formula is C26H23NO3S. The molecule has 1 heterocycles. The monoisotopic (exact) mass is 429 g/mol. The number of para-hydroxylation sites is 1. The molecule has 31 heavy (non-hydrogen) atoms. The summed E-state index contributed by atoms with van der Waals surface area (Å²) in [6.45, 7) is 0.587. The first-order chi connectivity index (χ1) is 15.2. The van der Waals surface area contributed by atoms with Crippen LogP contribution < -0.4 is 14.8 Å². The number of rotatable bonds is 8. The van der Waals surface area contributed by atoms with Crippen LogP contribution >= 0.6 is 11.3 Å². The average molecular weight is 430 g/mol. The van der Waals surface area contributed by atoms with E-state index in [1.807, 2.05) is 91.0 Å². The maximum absolute atomic E-state index is 12.5. The second-order valence-electron chi connectivity index (χ2n) is 6.96. The predicted octanol–water partition coefficient (Wildman–Crippen LogP) is 6.19. The average Bonchev–Trinajstić information content (AvgIpc) is 3.31. The fraction of sp³-hybridized carbons (Fsp3) is 0.115. The Morgan fingerprint density at radius 1 is 0.806 bits per heavy atom. The largest absolute Gasteiger partial charge is 0.497 e. The molecule has 0 unspecified atom stereocenters. The fourth-order valence-corrected chi connectivity index (χ4v) is 4.05. The molecule has 4 aromatic rings. The van der Waals surface area contributed by atoms with Gasteiger partial charge in [-0.3, -0.25) is 4.79 Å². The van der Waals surface area contributed by atoms with Crippen molar-refractivity contribution < 1.29 is 14.3 Å². The number of nitrogens with one attached hydrogen (secondary N) is 1. The molecule has 1 amide bonds. The lowest BCUT2D eigenvalue weighted by Gasteiger charge is -2.06. The highest BCUT2D eigenvalue weighted by molar-refractivity contribution is 7.17. The Morgan fingerprint density at radius 2 is 1.48 bits per heavy atom. The van der Waals surface area contributed by atoms with Crippen molar-refractivity contribution in [1.29, 1.82) is 0 Å². The van der Waals surface area contributed by atoms with E-state index in [1.54, 1.807) is 7.11 Å². The van der Waals surface area contributed by atoms with E-state index in [0.717, 1.165) is 39.7 Å². The molecule has 0 saturated heterocycles.